The van der Waals surface area contributed by atoms with Crippen molar-refractivity contribution in [2.24, 2.45) is 0 Å². The van der Waals surface area contributed by atoms with Crippen LogP contribution in [-0.2, 0) is 6.54 Å². The SMILES string of the molecule is C=CCC[C@H](CN(C)Cc1cnccn1)Oc1ccnc(C)c1. The van der Waals surface area contributed by atoms with Crippen molar-refractivity contribution in [3.63, 3.8) is 0 Å². The summed E-state index contributed by atoms with van der Waals surface area (Å²) in [5.74, 6) is 0.861. The van der Waals surface area contributed by atoms with Gasteiger partial charge in [0.2, 0.25) is 0 Å². The highest BCUT2D eigenvalue weighted by atomic mass is 16.5. The molecule has 0 bridgehead atoms. The molecule has 2 rings (SSSR count). The van der Waals surface area contributed by atoms with Crippen LogP contribution in [0.3, 0.4) is 0 Å². The van der Waals surface area contributed by atoms with E-state index >= 15 is 0 Å². The van der Waals surface area contributed by atoms with Gasteiger partial charge in [0.05, 0.1) is 5.69 Å². The number of hydrogen-bond donors (Lipinski definition) is 0. The fourth-order valence-electron chi connectivity index (χ4n) is 2.38. The molecule has 0 spiro atoms. The molecule has 0 aromatic carbocycles. The molecule has 23 heavy (non-hydrogen) atoms. The fraction of sp³-hybridized carbons (Fsp3) is 0.389. The van der Waals surface area contributed by atoms with Crippen LogP contribution in [0.2, 0.25) is 0 Å². The van der Waals surface area contributed by atoms with Crippen molar-refractivity contribution in [2.45, 2.75) is 32.4 Å². The number of allylic oxidation sites excluding steroid dienone is 1. The molecular weight excluding hydrogens is 288 g/mol. The van der Waals surface area contributed by atoms with Gasteiger partial charge in [-0.1, -0.05) is 6.08 Å². The summed E-state index contributed by atoms with van der Waals surface area (Å²) in [5, 5.41) is 0. The number of aromatic nitrogens is 3. The van der Waals surface area contributed by atoms with Gasteiger partial charge in [-0.3, -0.25) is 19.9 Å². The van der Waals surface area contributed by atoms with Gasteiger partial charge in [-0.25, -0.2) is 0 Å². The molecule has 0 aliphatic carbocycles. The van der Waals surface area contributed by atoms with E-state index in [0.717, 1.165) is 43.1 Å². The van der Waals surface area contributed by atoms with Crippen molar-refractivity contribution >= 4 is 0 Å². The quantitative estimate of drug-likeness (QED) is 0.666. The molecule has 0 aliphatic rings. The number of likely N-dealkylation sites (N-methyl/N-ethyl adjacent to an activating group) is 1. The Kier molecular flexibility index (Phi) is 6.69. The van der Waals surface area contributed by atoms with Gasteiger partial charge in [-0.2, -0.15) is 0 Å². The molecule has 1 atom stereocenters. The van der Waals surface area contributed by atoms with Crippen molar-refractivity contribution in [3.05, 3.63) is 61.0 Å². The summed E-state index contributed by atoms with van der Waals surface area (Å²) in [6, 6.07) is 3.86. The van der Waals surface area contributed by atoms with Crippen LogP contribution in [0.5, 0.6) is 5.75 Å². The molecule has 0 amide bonds. The van der Waals surface area contributed by atoms with Crippen LogP contribution < -0.4 is 4.74 Å². The lowest BCUT2D eigenvalue weighted by Gasteiger charge is -2.24. The lowest BCUT2D eigenvalue weighted by molar-refractivity contribution is 0.136. The predicted molar refractivity (Wildman–Crippen MR) is 91.2 cm³/mol. The third-order valence-electron chi connectivity index (χ3n) is 3.43. The van der Waals surface area contributed by atoms with Gasteiger partial charge in [0, 0.05) is 49.6 Å². The number of rotatable bonds is 9. The topological polar surface area (TPSA) is 51.1 Å². The summed E-state index contributed by atoms with van der Waals surface area (Å²) in [6.45, 7) is 7.33. The Morgan fingerprint density at radius 2 is 2.17 bits per heavy atom. The smallest absolute Gasteiger partial charge is 0.123 e. The van der Waals surface area contributed by atoms with Crippen LogP contribution in [0.1, 0.15) is 24.2 Å². The number of pyridine rings is 1. The zero-order valence-electron chi connectivity index (χ0n) is 13.9. The van der Waals surface area contributed by atoms with Crippen molar-refractivity contribution < 1.29 is 4.74 Å². The van der Waals surface area contributed by atoms with Crippen molar-refractivity contribution in [2.75, 3.05) is 13.6 Å². The Morgan fingerprint density at radius 1 is 1.30 bits per heavy atom. The zero-order chi connectivity index (χ0) is 16.5. The summed E-state index contributed by atoms with van der Waals surface area (Å²) in [6.07, 6.45) is 10.8. The van der Waals surface area contributed by atoms with Crippen LogP contribution in [0, 0.1) is 6.92 Å². The predicted octanol–water partition coefficient (Wildman–Crippen LogP) is 3.03. The maximum Gasteiger partial charge on any atom is 0.123 e. The van der Waals surface area contributed by atoms with Gasteiger partial charge in [0.15, 0.2) is 0 Å². The molecule has 2 aromatic heterocycles. The van der Waals surface area contributed by atoms with Crippen molar-refractivity contribution in [1.82, 2.24) is 19.9 Å². The molecule has 0 unspecified atom stereocenters. The summed E-state index contributed by atoms with van der Waals surface area (Å²) >= 11 is 0. The van der Waals surface area contributed by atoms with Crippen molar-refractivity contribution in [3.8, 4) is 5.75 Å². The minimum Gasteiger partial charge on any atom is -0.489 e. The van der Waals surface area contributed by atoms with E-state index in [1.165, 1.54) is 0 Å². The first kappa shape index (κ1) is 17.1. The Bertz CT molecular complexity index is 603. The maximum atomic E-state index is 6.14. The van der Waals surface area contributed by atoms with Crippen LogP contribution in [-0.4, -0.2) is 39.5 Å². The molecule has 2 heterocycles. The second kappa shape index (κ2) is 9.00. The third-order valence-corrected chi connectivity index (χ3v) is 3.43. The molecule has 0 aliphatic heterocycles. The highest BCUT2D eigenvalue weighted by Crippen LogP contribution is 2.16. The lowest BCUT2D eigenvalue weighted by Crippen LogP contribution is -2.33. The van der Waals surface area contributed by atoms with Gasteiger partial charge in [-0.15, -0.1) is 6.58 Å². The van der Waals surface area contributed by atoms with Gasteiger partial charge in [-0.05, 0) is 32.9 Å². The third kappa shape index (κ3) is 6.16. The van der Waals surface area contributed by atoms with E-state index in [9.17, 15) is 0 Å². The second-order valence-corrected chi connectivity index (χ2v) is 5.63. The molecule has 2 aromatic rings. The number of nitrogens with zero attached hydrogens (tertiary/aromatic N) is 4. The molecule has 0 radical (unpaired) electrons. The first-order valence-corrected chi connectivity index (χ1v) is 7.81. The van der Waals surface area contributed by atoms with E-state index in [1.807, 2.05) is 25.1 Å². The lowest BCUT2D eigenvalue weighted by atomic mass is 10.2. The number of ether oxygens (including phenoxy) is 1. The molecular formula is C18H24N4O. The average molecular weight is 312 g/mol. The molecule has 5 heteroatoms. The van der Waals surface area contributed by atoms with Crippen molar-refractivity contribution in [1.29, 1.82) is 0 Å². The summed E-state index contributed by atoms with van der Waals surface area (Å²) in [5.41, 5.74) is 1.91. The fourth-order valence-corrected chi connectivity index (χ4v) is 2.38. The van der Waals surface area contributed by atoms with Crippen LogP contribution in [0.4, 0.5) is 0 Å². The molecule has 5 nitrogen and oxygen atoms in total. The molecule has 0 N–H and O–H groups in total. The van der Waals surface area contributed by atoms with E-state index in [0.29, 0.717) is 0 Å². The molecule has 0 saturated carbocycles. The Morgan fingerprint density at radius 3 is 2.87 bits per heavy atom. The molecule has 0 fully saturated rings. The summed E-state index contributed by atoms with van der Waals surface area (Å²) in [4.78, 5) is 14.8. The van der Waals surface area contributed by atoms with Crippen LogP contribution in [0.25, 0.3) is 0 Å². The van der Waals surface area contributed by atoms with Crippen LogP contribution >= 0.6 is 0 Å². The number of hydrogen-bond acceptors (Lipinski definition) is 5. The average Bonchev–Trinajstić information content (AvgIpc) is 2.53. The summed E-state index contributed by atoms with van der Waals surface area (Å²) < 4.78 is 6.14. The van der Waals surface area contributed by atoms with E-state index in [2.05, 4.69) is 33.5 Å². The van der Waals surface area contributed by atoms with E-state index in [1.54, 1.807) is 24.8 Å². The highest BCUT2D eigenvalue weighted by Gasteiger charge is 2.14. The van der Waals surface area contributed by atoms with Gasteiger partial charge >= 0.3 is 0 Å². The second-order valence-electron chi connectivity index (χ2n) is 5.63. The highest BCUT2D eigenvalue weighted by molar-refractivity contribution is 5.22. The van der Waals surface area contributed by atoms with E-state index < -0.39 is 0 Å². The Hall–Kier alpha value is -2.27. The molecule has 0 saturated heterocycles. The molecule has 122 valence electrons. The first-order valence-electron chi connectivity index (χ1n) is 7.81. The van der Waals surface area contributed by atoms with Gasteiger partial charge in [0.1, 0.15) is 11.9 Å². The monoisotopic (exact) mass is 312 g/mol. The van der Waals surface area contributed by atoms with E-state index in [-0.39, 0.29) is 6.10 Å². The number of aryl methyl sites for hydroxylation is 1. The van der Waals surface area contributed by atoms with Crippen LogP contribution in [0.15, 0.2) is 49.6 Å². The Labute approximate surface area is 138 Å². The van der Waals surface area contributed by atoms with Gasteiger partial charge in [0.25, 0.3) is 0 Å². The van der Waals surface area contributed by atoms with E-state index in [4.69, 9.17) is 4.74 Å². The normalized spacial score (nSPS) is 12.1. The first-order chi connectivity index (χ1) is 11.2. The minimum absolute atomic E-state index is 0.0940. The largest absolute Gasteiger partial charge is 0.489 e. The maximum absolute atomic E-state index is 6.14. The standard InChI is InChI=1S/C18H24N4O/c1-4-5-6-18(23-17-7-8-20-15(2)11-17)14-22(3)13-16-12-19-9-10-21-16/h4,7-12,18H,1,5-6,13-14H2,2-3H3/t18-/m1/s1. The van der Waals surface area contributed by atoms with Gasteiger partial charge < -0.3 is 4.74 Å². The zero-order valence-corrected chi connectivity index (χ0v) is 13.9. The minimum atomic E-state index is 0.0940. The Balaban J connectivity index is 1.95. The summed E-state index contributed by atoms with van der Waals surface area (Å²) in [7, 11) is 2.07.